The Labute approximate surface area is 511 Å². The minimum Gasteiger partial charge on any atom is -0.361 e. The highest BCUT2D eigenvalue weighted by Crippen LogP contribution is 2.56. The standard InChI is InChI=1S/C83H71O2S/c1-4-84-82(76-52-68(60-30-14-6-15-31-60)48-69(53-76)61-32-16-7-17-33-61,77-54-70(62-34-18-8-19-35-62)49-71(55-77)63-36-20-9-21-37-63)80-46-47-81(86(80)3)83(85-5-2,78-56-72(64-38-22-10-23-39-64)50-73(57-78)65-40-24-11-25-41-65)79-58-74(66-42-26-12-27-43-66)51-75(59-79)67-44-28-13-29-45-67/h6-45,48-59,80-81H,4-5,46-47H2,1-3H3/q+1/t80-,81-/m1/s1. The third-order valence-electron chi connectivity index (χ3n) is 17.5. The van der Waals surface area contributed by atoms with E-state index in [1.165, 1.54) is 0 Å². The largest absolute Gasteiger partial charge is 0.361 e. The van der Waals surface area contributed by atoms with Crippen molar-refractivity contribution in [3.63, 3.8) is 0 Å². The molecule has 1 aliphatic heterocycles. The first-order valence-electron chi connectivity index (χ1n) is 30.4. The van der Waals surface area contributed by atoms with Crippen molar-refractivity contribution < 1.29 is 9.47 Å². The highest BCUT2D eigenvalue weighted by molar-refractivity contribution is 7.97. The van der Waals surface area contributed by atoms with Crippen LogP contribution in [0, 0.1) is 0 Å². The average molecular weight is 1130 g/mol. The minimum absolute atomic E-state index is 0.0339. The first-order chi connectivity index (χ1) is 42.4. The maximum Gasteiger partial charge on any atom is 0.165 e. The Kier molecular flexibility index (Phi) is 16.5. The Hall–Kier alpha value is -9.09. The van der Waals surface area contributed by atoms with E-state index in [-0.39, 0.29) is 10.5 Å². The van der Waals surface area contributed by atoms with Crippen LogP contribution in [0.1, 0.15) is 48.9 Å². The number of hydrogen-bond acceptors (Lipinski definition) is 2. The molecule has 2 atom stereocenters. The summed E-state index contributed by atoms with van der Waals surface area (Å²) in [6.07, 6.45) is 4.30. The Morgan fingerprint density at radius 3 is 0.570 bits per heavy atom. The van der Waals surface area contributed by atoms with E-state index in [1.54, 1.807) is 0 Å². The second-order valence-corrected chi connectivity index (χ2v) is 25.0. The van der Waals surface area contributed by atoms with Gasteiger partial charge in [0.1, 0.15) is 0 Å². The van der Waals surface area contributed by atoms with Crippen LogP contribution in [-0.2, 0) is 31.6 Å². The molecule has 0 aliphatic carbocycles. The van der Waals surface area contributed by atoms with Gasteiger partial charge in [-0.25, -0.2) is 0 Å². The maximum absolute atomic E-state index is 8.03. The minimum atomic E-state index is -0.968. The van der Waals surface area contributed by atoms with Crippen LogP contribution in [0.5, 0.6) is 0 Å². The predicted octanol–water partition coefficient (Wildman–Crippen LogP) is 21.1. The lowest BCUT2D eigenvalue weighted by atomic mass is 9.75. The molecule has 13 rings (SSSR count). The van der Waals surface area contributed by atoms with Crippen LogP contribution >= 0.6 is 0 Å². The fraction of sp³-hybridized carbons (Fsp3) is 0.133. The molecule has 0 saturated carbocycles. The summed E-state index contributed by atoms with van der Waals surface area (Å²) in [5, 5.41) is -0.0678. The second-order valence-electron chi connectivity index (χ2n) is 22.6. The molecular weight excluding hydrogens is 1060 g/mol. The molecule has 0 unspecified atom stereocenters. The summed E-state index contributed by atoms with van der Waals surface area (Å²) >= 11 is 0. The summed E-state index contributed by atoms with van der Waals surface area (Å²) < 4.78 is 16.1. The van der Waals surface area contributed by atoms with Crippen LogP contribution < -0.4 is 0 Å². The first kappa shape index (κ1) is 56.1. The van der Waals surface area contributed by atoms with Crippen molar-refractivity contribution >= 4 is 10.9 Å². The van der Waals surface area contributed by atoms with Crippen LogP contribution in [-0.4, -0.2) is 30.0 Å². The molecular formula is C83H71O2S+. The predicted molar refractivity (Wildman–Crippen MR) is 364 cm³/mol. The van der Waals surface area contributed by atoms with Crippen molar-refractivity contribution in [2.75, 3.05) is 19.5 Å². The van der Waals surface area contributed by atoms with Gasteiger partial charge in [0, 0.05) is 26.1 Å². The molecule has 0 aromatic heterocycles. The van der Waals surface area contributed by atoms with Gasteiger partial charge in [-0.05, 0) is 209 Å². The monoisotopic (exact) mass is 1130 g/mol. The highest BCUT2D eigenvalue weighted by Gasteiger charge is 2.63. The first-order valence-corrected chi connectivity index (χ1v) is 32.1. The number of ether oxygens (including phenoxy) is 2. The van der Waals surface area contributed by atoms with Crippen LogP contribution in [0.4, 0.5) is 0 Å². The van der Waals surface area contributed by atoms with E-state index in [0.717, 1.165) is 124 Å². The zero-order chi connectivity index (χ0) is 58.3. The molecule has 86 heavy (non-hydrogen) atoms. The molecule has 0 spiro atoms. The molecule has 0 bridgehead atoms. The van der Waals surface area contributed by atoms with Crippen LogP contribution in [0.2, 0.25) is 0 Å². The Morgan fingerprint density at radius 2 is 0.419 bits per heavy atom. The maximum atomic E-state index is 8.03. The molecule has 0 N–H and O–H groups in total. The Morgan fingerprint density at radius 1 is 0.256 bits per heavy atom. The van der Waals surface area contributed by atoms with Gasteiger partial charge in [-0.1, -0.05) is 243 Å². The molecule has 2 nitrogen and oxygen atoms in total. The van der Waals surface area contributed by atoms with Crippen LogP contribution in [0.25, 0.3) is 89.0 Å². The van der Waals surface area contributed by atoms with Gasteiger partial charge >= 0.3 is 0 Å². The fourth-order valence-corrected chi connectivity index (χ4v) is 16.7. The van der Waals surface area contributed by atoms with E-state index < -0.39 is 22.1 Å². The lowest BCUT2D eigenvalue weighted by Gasteiger charge is -2.42. The molecule has 12 aromatic carbocycles. The molecule has 1 fully saturated rings. The zero-order valence-corrected chi connectivity index (χ0v) is 50.0. The van der Waals surface area contributed by atoms with E-state index >= 15 is 0 Å². The molecule has 0 radical (unpaired) electrons. The summed E-state index contributed by atoms with van der Waals surface area (Å²) in [6, 6.07) is 116. The fourth-order valence-electron chi connectivity index (χ4n) is 13.6. The van der Waals surface area contributed by atoms with Gasteiger partial charge in [0.25, 0.3) is 0 Å². The molecule has 0 amide bonds. The van der Waals surface area contributed by atoms with E-state index in [4.69, 9.17) is 9.47 Å². The quantitative estimate of drug-likeness (QED) is 0.0797. The van der Waals surface area contributed by atoms with E-state index in [2.05, 4.69) is 336 Å². The Bertz CT molecular complexity index is 3430. The van der Waals surface area contributed by atoms with Crippen LogP contribution in [0.15, 0.2) is 315 Å². The lowest BCUT2D eigenvalue weighted by molar-refractivity contribution is -0.0158. The zero-order valence-electron chi connectivity index (χ0n) is 49.2. The van der Waals surface area contributed by atoms with Gasteiger partial charge in [0.15, 0.2) is 21.7 Å². The van der Waals surface area contributed by atoms with Gasteiger partial charge in [0.05, 0.1) is 6.26 Å². The summed E-state index contributed by atoms with van der Waals surface area (Å²) in [4.78, 5) is 0. The molecule has 12 aromatic rings. The average Bonchev–Trinajstić information content (AvgIpc) is 1.75. The number of benzene rings is 12. The molecule has 1 aliphatic rings. The third-order valence-corrected chi connectivity index (χ3v) is 20.5. The highest BCUT2D eigenvalue weighted by atomic mass is 32.2. The third kappa shape index (κ3) is 11.1. The van der Waals surface area contributed by atoms with Gasteiger partial charge in [-0.3, -0.25) is 0 Å². The summed E-state index contributed by atoms with van der Waals surface area (Å²) in [5.74, 6) is 0. The van der Waals surface area contributed by atoms with E-state index in [0.29, 0.717) is 13.2 Å². The summed E-state index contributed by atoms with van der Waals surface area (Å²) in [6.45, 7) is 5.36. The van der Waals surface area contributed by atoms with Crippen LogP contribution in [0.3, 0.4) is 0 Å². The topological polar surface area (TPSA) is 18.5 Å². The molecule has 1 heterocycles. The van der Waals surface area contributed by atoms with Crippen molar-refractivity contribution in [3.8, 4) is 89.0 Å². The molecule has 420 valence electrons. The van der Waals surface area contributed by atoms with Crippen molar-refractivity contribution in [1.29, 1.82) is 0 Å². The van der Waals surface area contributed by atoms with E-state index in [1.807, 2.05) is 0 Å². The van der Waals surface area contributed by atoms with E-state index in [9.17, 15) is 0 Å². The smallest absolute Gasteiger partial charge is 0.165 e. The van der Waals surface area contributed by atoms with Crippen molar-refractivity contribution in [1.82, 2.24) is 0 Å². The number of hydrogen-bond donors (Lipinski definition) is 0. The van der Waals surface area contributed by atoms with Crippen molar-refractivity contribution in [2.24, 2.45) is 0 Å². The van der Waals surface area contributed by atoms with Crippen molar-refractivity contribution in [2.45, 2.75) is 48.4 Å². The van der Waals surface area contributed by atoms with Crippen molar-refractivity contribution in [3.05, 3.63) is 338 Å². The number of rotatable bonds is 18. The molecule has 1 saturated heterocycles. The molecule has 3 heteroatoms. The van der Waals surface area contributed by atoms with Gasteiger partial charge in [-0.2, -0.15) is 0 Å². The summed E-state index contributed by atoms with van der Waals surface area (Å²) in [5.41, 5.74) is 21.2. The second kappa shape index (κ2) is 25.2. The van der Waals surface area contributed by atoms with Gasteiger partial charge in [-0.15, -0.1) is 0 Å². The Balaban J connectivity index is 1.12. The van der Waals surface area contributed by atoms with Gasteiger partial charge < -0.3 is 9.47 Å². The van der Waals surface area contributed by atoms with Gasteiger partial charge in [0.2, 0.25) is 0 Å². The normalized spacial score (nSPS) is 14.5. The SMILES string of the molecule is CCOC(c1cc(-c2ccccc2)cc(-c2ccccc2)c1)(c1cc(-c2ccccc2)cc(-c2ccccc2)c1)[C@H]1CC[C@H](C(OCC)(c2cc(-c3ccccc3)cc(-c3ccccc3)c2)c2cc(-c3ccccc3)cc(-c3ccccc3)c2)[S+]1C. The lowest BCUT2D eigenvalue weighted by Crippen LogP contribution is -2.51. The summed E-state index contributed by atoms with van der Waals surface area (Å²) in [7, 11) is -0.451.